The van der Waals surface area contributed by atoms with Crippen molar-refractivity contribution in [3.8, 4) is 0 Å². The number of ether oxygens (including phenoxy) is 1. The fourth-order valence-corrected chi connectivity index (χ4v) is 4.03. The lowest BCUT2D eigenvalue weighted by atomic mass is 10.2. The van der Waals surface area contributed by atoms with Crippen LogP contribution in [0, 0.1) is 0 Å². The van der Waals surface area contributed by atoms with E-state index in [1.54, 1.807) is 13.2 Å². The van der Waals surface area contributed by atoms with Crippen LogP contribution < -0.4 is 5.73 Å². The van der Waals surface area contributed by atoms with Crippen LogP contribution in [0.25, 0.3) is 0 Å². The second kappa shape index (κ2) is 6.45. The second-order valence-electron chi connectivity index (χ2n) is 4.21. The van der Waals surface area contributed by atoms with Gasteiger partial charge in [-0.25, -0.2) is 0 Å². The molecule has 2 heterocycles. The first-order chi connectivity index (χ1) is 8.74. The molecule has 1 unspecified atom stereocenters. The summed E-state index contributed by atoms with van der Waals surface area (Å²) in [5.41, 5.74) is 6.41. The number of methoxy groups -OCH3 is 1. The van der Waals surface area contributed by atoms with Crippen LogP contribution in [0.15, 0.2) is 11.4 Å². The second-order valence-corrected chi connectivity index (χ2v) is 6.28. The van der Waals surface area contributed by atoms with Crippen LogP contribution >= 0.6 is 23.1 Å². The van der Waals surface area contributed by atoms with Gasteiger partial charge in [0.15, 0.2) is 0 Å². The van der Waals surface area contributed by atoms with E-state index in [9.17, 15) is 4.79 Å². The lowest BCUT2D eigenvalue weighted by Crippen LogP contribution is -2.42. The number of nitrogens with two attached hydrogens (primary N) is 1. The Morgan fingerprint density at radius 2 is 2.50 bits per heavy atom. The number of nitrogen functional groups attached to an aromatic ring is 1. The molecule has 1 amide bonds. The van der Waals surface area contributed by atoms with Gasteiger partial charge in [-0.15, -0.1) is 11.3 Å². The number of amides is 1. The lowest BCUT2D eigenvalue weighted by Gasteiger charge is -2.28. The normalized spacial score (nSPS) is 19.1. The smallest absolute Gasteiger partial charge is 0.266 e. The van der Waals surface area contributed by atoms with Gasteiger partial charge in [0.2, 0.25) is 0 Å². The number of carbonyl (C=O) groups is 1. The van der Waals surface area contributed by atoms with E-state index in [0.717, 1.165) is 17.9 Å². The average Bonchev–Trinajstić information content (AvgIpc) is 3.00. The van der Waals surface area contributed by atoms with Crippen molar-refractivity contribution in [1.29, 1.82) is 0 Å². The molecule has 100 valence electrons. The molecule has 1 aromatic heterocycles. The van der Waals surface area contributed by atoms with Gasteiger partial charge >= 0.3 is 0 Å². The van der Waals surface area contributed by atoms with Gasteiger partial charge in [-0.2, -0.15) is 11.8 Å². The van der Waals surface area contributed by atoms with Gasteiger partial charge in [0.25, 0.3) is 5.91 Å². The fourth-order valence-electron chi connectivity index (χ4n) is 2.03. The monoisotopic (exact) mass is 286 g/mol. The summed E-state index contributed by atoms with van der Waals surface area (Å²) >= 11 is 3.31. The minimum atomic E-state index is 0.0482. The van der Waals surface area contributed by atoms with E-state index >= 15 is 0 Å². The Hall–Kier alpha value is -0.720. The summed E-state index contributed by atoms with van der Waals surface area (Å²) in [6.07, 6.45) is 1.06. The van der Waals surface area contributed by atoms with Gasteiger partial charge in [-0.1, -0.05) is 0 Å². The maximum atomic E-state index is 12.5. The number of thiophene rings is 1. The Balaban J connectivity index is 2.12. The highest BCUT2D eigenvalue weighted by Gasteiger charge is 2.28. The van der Waals surface area contributed by atoms with Crippen molar-refractivity contribution in [2.45, 2.75) is 12.5 Å². The molecular weight excluding hydrogens is 268 g/mol. The van der Waals surface area contributed by atoms with Gasteiger partial charge in [-0.3, -0.25) is 4.79 Å². The van der Waals surface area contributed by atoms with Crippen LogP contribution in [0.3, 0.4) is 0 Å². The molecule has 2 rings (SSSR count). The molecule has 0 bridgehead atoms. The molecule has 0 radical (unpaired) electrons. The first kappa shape index (κ1) is 13.7. The summed E-state index contributed by atoms with van der Waals surface area (Å²) in [7, 11) is 1.66. The van der Waals surface area contributed by atoms with E-state index in [-0.39, 0.29) is 5.91 Å². The molecule has 1 fully saturated rings. The van der Waals surface area contributed by atoms with E-state index in [1.807, 2.05) is 22.0 Å². The third-order valence-electron chi connectivity index (χ3n) is 3.03. The summed E-state index contributed by atoms with van der Waals surface area (Å²) in [5.74, 6) is 2.19. The predicted molar refractivity (Wildman–Crippen MR) is 77.4 cm³/mol. The van der Waals surface area contributed by atoms with Crippen molar-refractivity contribution >= 4 is 34.7 Å². The zero-order chi connectivity index (χ0) is 13.0. The van der Waals surface area contributed by atoms with Crippen molar-refractivity contribution in [1.82, 2.24) is 4.90 Å². The van der Waals surface area contributed by atoms with E-state index in [4.69, 9.17) is 10.5 Å². The lowest BCUT2D eigenvalue weighted by molar-refractivity contribution is 0.0630. The summed E-state index contributed by atoms with van der Waals surface area (Å²) < 4.78 is 5.10. The number of anilines is 1. The van der Waals surface area contributed by atoms with Crippen LogP contribution in [-0.2, 0) is 4.74 Å². The van der Waals surface area contributed by atoms with Gasteiger partial charge in [0.1, 0.15) is 4.88 Å². The maximum absolute atomic E-state index is 12.5. The third kappa shape index (κ3) is 2.99. The Morgan fingerprint density at radius 3 is 3.06 bits per heavy atom. The Labute approximate surface area is 115 Å². The molecule has 0 saturated carbocycles. The van der Waals surface area contributed by atoms with Crippen molar-refractivity contribution < 1.29 is 9.53 Å². The van der Waals surface area contributed by atoms with Crippen LogP contribution in [0.2, 0.25) is 0 Å². The van der Waals surface area contributed by atoms with Crippen LogP contribution in [-0.4, -0.2) is 48.6 Å². The average molecular weight is 286 g/mol. The topological polar surface area (TPSA) is 55.6 Å². The number of nitrogens with zero attached hydrogens (tertiary/aromatic N) is 1. The first-order valence-electron chi connectivity index (χ1n) is 5.94. The fraction of sp³-hybridized carbons (Fsp3) is 0.583. The van der Waals surface area contributed by atoms with Gasteiger partial charge < -0.3 is 15.4 Å². The molecule has 18 heavy (non-hydrogen) atoms. The minimum absolute atomic E-state index is 0.0482. The molecule has 2 N–H and O–H groups in total. The van der Waals surface area contributed by atoms with E-state index in [0.29, 0.717) is 29.8 Å². The molecule has 0 aromatic carbocycles. The molecule has 0 aliphatic carbocycles. The summed E-state index contributed by atoms with van der Waals surface area (Å²) in [5, 5.41) is 1.86. The van der Waals surface area contributed by atoms with E-state index in [2.05, 4.69) is 0 Å². The van der Waals surface area contributed by atoms with Gasteiger partial charge in [-0.05, 0) is 23.6 Å². The molecule has 1 saturated heterocycles. The largest absolute Gasteiger partial charge is 0.397 e. The molecule has 4 nitrogen and oxygen atoms in total. The van der Waals surface area contributed by atoms with Crippen molar-refractivity contribution in [3.05, 3.63) is 16.3 Å². The Morgan fingerprint density at radius 1 is 1.67 bits per heavy atom. The molecular formula is C12H18N2O2S2. The van der Waals surface area contributed by atoms with Crippen LogP contribution in [0.4, 0.5) is 5.69 Å². The Kier molecular flexibility index (Phi) is 4.91. The molecule has 1 aromatic rings. The maximum Gasteiger partial charge on any atom is 0.266 e. The summed E-state index contributed by atoms with van der Waals surface area (Å²) in [6.45, 7) is 1.20. The van der Waals surface area contributed by atoms with Gasteiger partial charge in [0, 0.05) is 25.4 Å². The van der Waals surface area contributed by atoms with Crippen LogP contribution in [0.1, 0.15) is 16.1 Å². The molecule has 1 aliphatic heterocycles. The molecule has 1 atom stereocenters. The zero-order valence-corrected chi connectivity index (χ0v) is 12.1. The molecule has 0 spiro atoms. The van der Waals surface area contributed by atoms with Gasteiger partial charge in [0.05, 0.1) is 12.3 Å². The first-order valence-corrected chi connectivity index (χ1v) is 7.98. The highest BCUT2D eigenvalue weighted by atomic mass is 32.2. The van der Waals surface area contributed by atoms with Crippen molar-refractivity contribution in [2.75, 3.05) is 37.5 Å². The van der Waals surface area contributed by atoms with E-state index in [1.165, 1.54) is 11.3 Å². The van der Waals surface area contributed by atoms with Crippen molar-refractivity contribution in [2.24, 2.45) is 0 Å². The van der Waals surface area contributed by atoms with Crippen molar-refractivity contribution in [3.63, 3.8) is 0 Å². The number of thioether (sulfide) groups is 1. The third-order valence-corrected chi connectivity index (χ3v) is 5.10. The number of rotatable bonds is 5. The quantitative estimate of drug-likeness (QED) is 0.898. The Bertz CT molecular complexity index is 403. The zero-order valence-electron chi connectivity index (χ0n) is 10.4. The summed E-state index contributed by atoms with van der Waals surface area (Å²) in [6, 6.07) is 2.11. The number of hydrogen-bond acceptors (Lipinski definition) is 5. The highest BCUT2D eigenvalue weighted by Crippen LogP contribution is 2.27. The standard InChI is InChI=1S/C12H18N2O2S2/c1-16-5-4-14(9-2-6-17-8-9)12(15)11-10(13)3-7-18-11/h3,7,9H,2,4-6,8,13H2,1H3. The number of carbonyl (C=O) groups excluding carboxylic acids is 1. The van der Waals surface area contributed by atoms with Crippen LogP contribution in [0.5, 0.6) is 0 Å². The number of hydrogen-bond donors (Lipinski definition) is 1. The summed E-state index contributed by atoms with van der Waals surface area (Å²) in [4.78, 5) is 15.1. The molecule has 6 heteroatoms. The van der Waals surface area contributed by atoms with E-state index < -0.39 is 0 Å². The molecule has 1 aliphatic rings. The highest BCUT2D eigenvalue weighted by molar-refractivity contribution is 7.99. The SMILES string of the molecule is COCCN(C(=O)c1sccc1N)C1CCSC1. The minimum Gasteiger partial charge on any atom is -0.397 e. The predicted octanol–water partition coefficient (Wildman–Crippen LogP) is 1.92.